The Morgan fingerprint density at radius 1 is 1.36 bits per heavy atom. The minimum atomic E-state index is -0.267. The molecule has 0 bridgehead atoms. The molecular weight excluding hydrogens is 334 g/mol. The number of fused-ring (bicyclic) bond motifs is 1. The van der Waals surface area contributed by atoms with E-state index >= 15 is 0 Å². The Kier molecular flexibility index (Phi) is 4.81. The molecule has 5 nitrogen and oxygen atoms in total. The number of hydrogen-bond acceptors (Lipinski definition) is 4. The standard InChI is InChI=1S/C19H23N3O2S/c1-12-7-8-13-14(11-19(2,3)24-16(13)10-12)21-18(25)22-17-15(23-4)6-5-9-20-17/h5-10,14H,11H2,1-4H3,(H2,20,21,22,25)/t14-/m0/s1. The van der Waals surface area contributed by atoms with Crippen LogP contribution >= 0.6 is 12.2 Å². The summed E-state index contributed by atoms with van der Waals surface area (Å²) in [5, 5.41) is 7.02. The average molecular weight is 357 g/mol. The van der Waals surface area contributed by atoms with Gasteiger partial charge in [-0.05, 0) is 56.8 Å². The molecular formula is C19H23N3O2S. The quantitative estimate of drug-likeness (QED) is 0.810. The minimum absolute atomic E-state index is 0.0639. The number of rotatable bonds is 3. The second-order valence-corrected chi connectivity index (χ2v) is 7.22. The monoisotopic (exact) mass is 357 g/mol. The predicted octanol–water partition coefficient (Wildman–Crippen LogP) is 3.99. The molecule has 0 amide bonds. The molecule has 0 fully saturated rings. The fraction of sp³-hybridized carbons (Fsp3) is 0.368. The van der Waals surface area contributed by atoms with Crippen molar-refractivity contribution in [2.45, 2.75) is 38.8 Å². The van der Waals surface area contributed by atoms with E-state index in [1.165, 1.54) is 5.56 Å². The lowest BCUT2D eigenvalue weighted by Crippen LogP contribution is -2.42. The van der Waals surface area contributed by atoms with Crippen LogP contribution in [0.3, 0.4) is 0 Å². The molecule has 132 valence electrons. The van der Waals surface area contributed by atoms with Crippen molar-refractivity contribution in [1.29, 1.82) is 0 Å². The number of ether oxygens (including phenoxy) is 2. The zero-order chi connectivity index (χ0) is 18.0. The van der Waals surface area contributed by atoms with Gasteiger partial charge in [0.05, 0.1) is 13.2 Å². The Morgan fingerprint density at radius 3 is 2.92 bits per heavy atom. The highest BCUT2D eigenvalue weighted by Crippen LogP contribution is 2.39. The SMILES string of the molecule is COc1cccnc1NC(=S)N[C@H]1CC(C)(C)Oc2cc(C)ccc21. The normalized spacial score (nSPS) is 17.8. The zero-order valence-electron chi connectivity index (χ0n) is 14.9. The van der Waals surface area contributed by atoms with Gasteiger partial charge in [0.25, 0.3) is 0 Å². The van der Waals surface area contributed by atoms with Crippen LogP contribution in [0, 0.1) is 6.92 Å². The number of nitrogens with one attached hydrogen (secondary N) is 2. The van der Waals surface area contributed by atoms with Gasteiger partial charge in [0.2, 0.25) is 0 Å². The van der Waals surface area contributed by atoms with E-state index in [4.69, 9.17) is 21.7 Å². The molecule has 2 heterocycles. The Hall–Kier alpha value is -2.34. The van der Waals surface area contributed by atoms with Crippen LogP contribution in [0.1, 0.15) is 37.4 Å². The highest BCUT2D eigenvalue weighted by atomic mass is 32.1. The molecule has 0 saturated carbocycles. The Balaban J connectivity index is 1.79. The van der Waals surface area contributed by atoms with Gasteiger partial charge in [0.15, 0.2) is 16.7 Å². The number of benzene rings is 1. The van der Waals surface area contributed by atoms with Gasteiger partial charge in [0.1, 0.15) is 11.4 Å². The predicted molar refractivity (Wildman–Crippen MR) is 103 cm³/mol. The molecule has 6 heteroatoms. The van der Waals surface area contributed by atoms with Crippen molar-refractivity contribution in [3.05, 3.63) is 47.7 Å². The maximum Gasteiger partial charge on any atom is 0.174 e. The van der Waals surface area contributed by atoms with Gasteiger partial charge in [-0.1, -0.05) is 12.1 Å². The molecule has 0 spiro atoms. The Bertz CT molecular complexity index is 792. The molecule has 2 aromatic rings. The topological polar surface area (TPSA) is 55.4 Å². The molecule has 1 aromatic heterocycles. The maximum absolute atomic E-state index is 6.13. The number of hydrogen-bond donors (Lipinski definition) is 2. The van der Waals surface area contributed by atoms with Crippen molar-refractivity contribution >= 4 is 23.1 Å². The highest BCUT2D eigenvalue weighted by Gasteiger charge is 2.34. The number of pyridine rings is 1. The van der Waals surface area contributed by atoms with E-state index in [-0.39, 0.29) is 11.6 Å². The van der Waals surface area contributed by atoms with Crippen LogP contribution in [0.15, 0.2) is 36.5 Å². The van der Waals surface area contributed by atoms with Gasteiger partial charge >= 0.3 is 0 Å². The van der Waals surface area contributed by atoms with Gasteiger partial charge < -0.3 is 20.1 Å². The number of thiocarbonyl (C=S) groups is 1. The van der Waals surface area contributed by atoms with Crippen LogP contribution < -0.4 is 20.1 Å². The van der Waals surface area contributed by atoms with Crippen molar-refractivity contribution < 1.29 is 9.47 Å². The van der Waals surface area contributed by atoms with Crippen molar-refractivity contribution in [2.75, 3.05) is 12.4 Å². The first-order valence-corrected chi connectivity index (χ1v) is 8.65. The summed E-state index contributed by atoms with van der Waals surface area (Å²) >= 11 is 5.50. The third-order valence-corrected chi connectivity index (χ3v) is 4.37. The summed E-state index contributed by atoms with van der Waals surface area (Å²) in [6.45, 7) is 6.24. The molecule has 0 saturated heterocycles. The molecule has 3 rings (SSSR count). The Labute approximate surface area is 153 Å². The number of aryl methyl sites for hydroxylation is 1. The molecule has 1 aliphatic rings. The first kappa shape index (κ1) is 17.5. The molecule has 0 aliphatic carbocycles. The molecule has 0 radical (unpaired) electrons. The summed E-state index contributed by atoms with van der Waals surface area (Å²) < 4.78 is 11.4. The van der Waals surface area contributed by atoms with Gasteiger partial charge in [-0.15, -0.1) is 0 Å². The fourth-order valence-corrected chi connectivity index (χ4v) is 3.28. The molecule has 1 aromatic carbocycles. The van der Waals surface area contributed by atoms with Gasteiger partial charge in [-0.25, -0.2) is 4.98 Å². The number of methoxy groups -OCH3 is 1. The van der Waals surface area contributed by atoms with E-state index in [0.29, 0.717) is 16.7 Å². The average Bonchev–Trinajstić information content (AvgIpc) is 2.53. The molecule has 25 heavy (non-hydrogen) atoms. The van der Waals surface area contributed by atoms with Gasteiger partial charge in [-0.2, -0.15) is 0 Å². The number of nitrogens with zero attached hydrogens (tertiary/aromatic N) is 1. The first-order valence-electron chi connectivity index (χ1n) is 8.24. The molecule has 2 N–H and O–H groups in total. The van der Waals surface area contributed by atoms with Crippen molar-refractivity contribution in [3.63, 3.8) is 0 Å². The Morgan fingerprint density at radius 2 is 2.16 bits per heavy atom. The lowest BCUT2D eigenvalue weighted by molar-refractivity contribution is 0.0696. The van der Waals surface area contributed by atoms with Gasteiger partial charge in [0, 0.05) is 18.2 Å². The molecule has 0 unspecified atom stereocenters. The number of aromatic nitrogens is 1. The maximum atomic E-state index is 6.13. The van der Waals surface area contributed by atoms with E-state index in [9.17, 15) is 0 Å². The van der Waals surface area contributed by atoms with Crippen LogP contribution in [0.2, 0.25) is 0 Å². The summed E-state index contributed by atoms with van der Waals surface area (Å²) in [5.74, 6) is 2.15. The summed E-state index contributed by atoms with van der Waals surface area (Å²) in [6.07, 6.45) is 2.51. The van der Waals surface area contributed by atoms with E-state index in [1.807, 2.05) is 12.1 Å². The van der Waals surface area contributed by atoms with Crippen molar-refractivity contribution in [2.24, 2.45) is 0 Å². The number of anilines is 1. The van der Waals surface area contributed by atoms with Crippen molar-refractivity contribution in [1.82, 2.24) is 10.3 Å². The lowest BCUT2D eigenvalue weighted by Gasteiger charge is -2.38. The second-order valence-electron chi connectivity index (χ2n) is 6.81. The van der Waals surface area contributed by atoms with Crippen LogP contribution in [-0.4, -0.2) is 22.8 Å². The van der Waals surface area contributed by atoms with Crippen LogP contribution in [-0.2, 0) is 0 Å². The van der Waals surface area contributed by atoms with E-state index in [1.54, 1.807) is 13.3 Å². The first-order chi connectivity index (χ1) is 11.9. The van der Waals surface area contributed by atoms with Crippen LogP contribution in [0.25, 0.3) is 0 Å². The highest BCUT2D eigenvalue weighted by molar-refractivity contribution is 7.80. The largest absolute Gasteiger partial charge is 0.493 e. The van der Waals surface area contributed by atoms with Crippen LogP contribution in [0.5, 0.6) is 11.5 Å². The zero-order valence-corrected chi connectivity index (χ0v) is 15.7. The second kappa shape index (κ2) is 6.88. The van der Waals surface area contributed by atoms with Crippen LogP contribution in [0.4, 0.5) is 5.82 Å². The molecule has 1 atom stereocenters. The van der Waals surface area contributed by atoms with E-state index in [0.717, 1.165) is 17.7 Å². The third-order valence-electron chi connectivity index (χ3n) is 4.15. The summed E-state index contributed by atoms with van der Waals surface area (Å²) in [6, 6.07) is 9.99. The van der Waals surface area contributed by atoms with E-state index < -0.39 is 0 Å². The summed E-state index contributed by atoms with van der Waals surface area (Å²) in [5.41, 5.74) is 2.02. The van der Waals surface area contributed by atoms with E-state index in [2.05, 4.69) is 54.6 Å². The summed E-state index contributed by atoms with van der Waals surface area (Å²) in [4.78, 5) is 4.28. The lowest BCUT2D eigenvalue weighted by atomic mass is 9.89. The minimum Gasteiger partial charge on any atom is -0.493 e. The third kappa shape index (κ3) is 4.02. The summed E-state index contributed by atoms with van der Waals surface area (Å²) in [7, 11) is 1.61. The van der Waals surface area contributed by atoms with Crippen molar-refractivity contribution in [3.8, 4) is 11.5 Å². The van der Waals surface area contributed by atoms with Gasteiger partial charge in [-0.3, -0.25) is 0 Å². The smallest absolute Gasteiger partial charge is 0.174 e. The molecule has 1 aliphatic heterocycles. The fourth-order valence-electron chi connectivity index (χ4n) is 3.04.